The van der Waals surface area contributed by atoms with Gasteiger partial charge in [0.15, 0.2) is 0 Å². The fourth-order valence-corrected chi connectivity index (χ4v) is 2.69. The van der Waals surface area contributed by atoms with Crippen LogP contribution in [0, 0.1) is 5.92 Å². The standard InChI is InChI=1S/C14H21NO2/c1-10-2-5-13(17-10)9-15-7-6-12(8-15)14(16)11-3-4-11/h6-8,10-11,13-14,16H,2-5,9H2,1H3. The average molecular weight is 235 g/mol. The second-order valence-corrected chi connectivity index (χ2v) is 5.57. The molecule has 3 rings (SSSR count). The van der Waals surface area contributed by atoms with Crippen LogP contribution < -0.4 is 0 Å². The van der Waals surface area contributed by atoms with Gasteiger partial charge in [-0.15, -0.1) is 0 Å². The largest absolute Gasteiger partial charge is 0.388 e. The van der Waals surface area contributed by atoms with E-state index in [0.717, 1.165) is 18.5 Å². The minimum atomic E-state index is -0.250. The Bertz CT molecular complexity index is 383. The number of aliphatic hydroxyl groups excluding tert-OH is 1. The molecule has 17 heavy (non-hydrogen) atoms. The lowest BCUT2D eigenvalue weighted by Crippen LogP contribution is -2.15. The Labute approximate surface area is 102 Å². The van der Waals surface area contributed by atoms with E-state index in [2.05, 4.69) is 23.9 Å². The van der Waals surface area contributed by atoms with Crippen LogP contribution >= 0.6 is 0 Å². The predicted octanol–water partition coefficient (Wildman–Crippen LogP) is 2.50. The van der Waals surface area contributed by atoms with Gasteiger partial charge in [-0.2, -0.15) is 0 Å². The molecule has 2 fully saturated rings. The summed E-state index contributed by atoms with van der Waals surface area (Å²) in [7, 11) is 0. The van der Waals surface area contributed by atoms with Gasteiger partial charge in [0, 0.05) is 18.9 Å². The van der Waals surface area contributed by atoms with Gasteiger partial charge in [0.25, 0.3) is 0 Å². The Kier molecular flexibility index (Phi) is 2.97. The van der Waals surface area contributed by atoms with Gasteiger partial charge in [0.2, 0.25) is 0 Å². The van der Waals surface area contributed by atoms with Crippen LogP contribution in [0.1, 0.15) is 44.3 Å². The number of rotatable bonds is 4. The first kappa shape index (κ1) is 11.3. The van der Waals surface area contributed by atoms with Crippen LogP contribution in [-0.2, 0) is 11.3 Å². The first-order valence-electron chi connectivity index (χ1n) is 6.71. The molecule has 1 aliphatic heterocycles. The molecular weight excluding hydrogens is 214 g/mol. The van der Waals surface area contributed by atoms with E-state index < -0.39 is 0 Å². The number of ether oxygens (including phenoxy) is 1. The van der Waals surface area contributed by atoms with Crippen LogP contribution in [0.2, 0.25) is 0 Å². The van der Waals surface area contributed by atoms with E-state index in [9.17, 15) is 5.11 Å². The van der Waals surface area contributed by atoms with Gasteiger partial charge in [0.1, 0.15) is 0 Å². The Morgan fingerprint density at radius 3 is 2.88 bits per heavy atom. The molecule has 0 radical (unpaired) electrons. The number of hydrogen-bond donors (Lipinski definition) is 1. The summed E-state index contributed by atoms with van der Waals surface area (Å²) in [5, 5.41) is 10.0. The van der Waals surface area contributed by atoms with Crippen molar-refractivity contribution in [1.29, 1.82) is 0 Å². The maximum Gasteiger partial charge on any atom is 0.0832 e. The molecule has 1 aromatic heterocycles. The Morgan fingerprint density at radius 1 is 1.41 bits per heavy atom. The monoisotopic (exact) mass is 235 g/mol. The third kappa shape index (κ3) is 2.55. The van der Waals surface area contributed by atoms with E-state index in [-0.39, 0.29) is 6.10 Å². The Morgan fingerprint density at radius 2 is 2.24 bits per heavy atom. The zero-order valence-electron chi connectivity index (χ0n) is 10.4. The summed E-state index contributed by atoms with van der Waals surface area (Å²) in [6.07, 6.45) is 9.33. The van der Waals surface area contributed by atoms with E-state index in [4.69, 9.17) is 4.74 Å². The molecule has 2 heterocycles. The quantitative estimate of drug-likeness (QED) is 0.870. The molecule has 1 saturated heterocycles. The maximum atomic E-state index is 10.0. The van der Waals surface area contributed by atoms with Crippen molar-refractivity contribution in [3.8, 4) is 0 Å². The van der Waals surface area contributed by atoms with Gasteiger partial charge >= 0.3 is 0 Å². The fourth-order valence-electron chi connectivity index (χ4n) is 2.69. The average Bonchev–Trinajstić information content (AvgIpc) is 2.93. The summed E-state index contributed by atoms with van der Waals surface area (Å²) in [6.45, 7) is 3.06. The van der Waals surface area contributed by atoms with Crippen LogP contribution in [0.4, 0.5) is 0 Å². The summed E-state index contributed by atoms with van der Waals surface area (Å²) in [5.41, 5.74) is 1.07. The third-order valence-electron chi connectivity index (χ3n) is 3.92. The van der Waals surface area contributed by atoms with Gasteiger partial charge in [-0.05, 0) is 50.2 Å². The van der Waals surface area contributed by atoms with E-state index >= 15 is 0 Å². The lowest BCUT2D eigenvalue weighted by molar-refractivity contribution is 0.0457. The van der Waals surface area contributed by atoms with Gasteiger partial charge in [-0.25, -0.2) is 0 Å². The van der Waals surface area contributed by atoms with Crippen LogP contribution in [0.25, 0.3) is 0 Å². The van der Waals surface area contributed by atoms with E-state index in [1.807, 2.05) is 6.07 Å². The van der Waals surface area contributed by atoms with Crippen molar-refractivity contribution in [2.24, 2.45) is 5.92 Å². The molecule has 3 heteroatoms. The zero-order valence-corrected chi connectivity index (χ0v) is 10.4. The van der Waals surface area contributed by atoms with Gasteiger partial charge < -0.3 is 14.4 Å². The minimum absolute atomic E-state index is 0.250. The lowest BCUT2D eigenvalue weighted by atomic mass is 10.1. The molecule has 1 saturated carbocycles. The van der Waals surface area contributed by atoms with Crippen LogP contribution in [-0.4, -0.2) is 21.9 Å². The fraction of sp³-hybridized carbons (Fsp3) is 0.714. The predicted molar refractivity (Wildman–Crippen MR) is 65.7 cm³/mol. The van der Waals surface area contributed by atoms with Crippen LogP contribution in [0.5, 0.6) is 0 Å². The highest BCUT2D eigenvalue weighted by Gasteiger charge is 2.31. The van der Waals surface area contributed by atoms with E-state index in [1.54, 1.807) is 0 Å². The minimum Gasteiger partial charge on any atom is -0.388 e. The van der Waals surface area contributed by atoms with Gasteiger partial charge in [-0.1, -0.05) is 0 Å². The normalized spacial score (nSPS) is 30.7. The highest BCUT2D eigenvalue weighted by Crippen LogP contribution is 2.40. The number of aromatic nitrogens is 1. The molecule has 0 amide bonds. The van der Waals surface area contributed by atoms with Crippen LogP contribution in [0.15, 0.2) is 18.5 Å². The molecule has 1 N–H and O–H groups in total. The molecule has 3 nitrogen and oxygen atoms in total. The lowest BCUT2D eigenvalue weighted by Gasteiger charge is -2.12. The summed E-state index contributed by atoms with van der Waals surface area (Å²) in [6, 6.07) is 2.04. The smallest absolute Gasteiger partial charge is 0.0832 e. The topological polar surface area (TPSA) is 34.4 Å². The van der Waals surface area contributed by atoms with Crippen molar-refractivity contribution < 1.29 is 9.84 Å². The number of aliphatic hydroxyl groups is 1. The van der Waals surface area contributed by atoms with E-state index in [0.29, 0.717) is 18.1 Å². The summed E-state index contributed by atoms with van der Waals surface area (Å²) < 4.78 is 7.97. The van der Waals surface area contributed by atoms with Crippen molar-refractivity contribution in [3.63, 3.8) is 0 Å². The number of hydrogen-bond acceptors (Lipinski definition) is 2. The molecule has 3 unspecified atom stereocenters. The zero-order chi connectivity index (χ0) is 11.8. The van der Waals surface area contributed by atoms with Crippen molar-refractivity contribution in [2.75, 3.05) is 0 Å². The molecule has 1 aromatic rings. The van der Waals surface area contributed by atoms with Crippen LogP contribution in [0.3, 0.4) is 0 Å². The molecule has 3 atom stereocenters. The maximum absolute atomic E-state index is 10.0. The van der Waals surface area contributed by atoms with E-state index in [1.165, 1.54) is 19.3 Å². The molecule has 0 aromatic carbocycles. The summed E-state index contributed by atoms with van der Waals surface area (Å²) in [4.78, 5) is 0. The summed E-state index contributed by atoms with van der Waals surface area (Å²) in [5.74, 6) is 0.508. The molecular formula is C14H21NO2. The van der Waals surface area contributed by atoms with Crippen molar-refractivity contribution in [1.82, 2.24) is 4.57 Å². The first-order chi connectivity index (χ1) is 8.22. The first-order valence-corrected chi connectivity index (χ1v) is 6.71. The highest BCUT2D eigenvalue weighted by molar-refractivity contribution is 5.16. The Hall–Kier alpha value is -0.800. The highest BCUT2D eigenvalue weighted by atomic mass is 16.5. The van der Waals surface area contributed by atoms with Crippen molar-refractivity contribution >= 4 is 0 Å². The molecule has 1 aliphatic carbocycles. The second kappa shape index (κ2) is 4.46. The number of nitrogens with zero attached hydrogens (tertiary/aromatic N) is 1. The molecule has 2 aliphatic rings. The SMILES string of the molecule is CC1CCC(Cn2ccc(C(O)C3CC3)c2)O1. The summed E-state index contributed by atoms with van der Waals surface area (Å²) >= 11 is 0. The third-order valence-corrected chi connectivity index (χ3v) is 3.92. The molecule has 0 bridgehead atoms. The molecule has 0 spiro atoms. The van der Waals surface area contributed by atoms with Gasteiger partial charge in [0.05, 0.1) is 18.3 Å². The van der Waals surface area contributed by atoms with Crippen molar-refractivity contribution in [2.45, 2.75) is 57.5 Å². The second-order valence-electron chi connectivity index (χ2n) is 5.57. The molecule has 94 valence electrons. The Balaban J connectivity index is 1.60. The van der Waals surface area contributed by atoms with Gasteiger partial charge in [-0.3, -0.25) is 0 Å². The van der Waals surface area contributed by atoms with Crippen molar-refractivity contribution in [3.05, 3.63) is 24.0 Å².